The van der Waals surface area contributed by atoms with E-state index in [0.717, 1.165) is 17.7 Å². The van der Waals surface area contributed by atoms with Crippen LogP contribution in [0.25, 0.3) is 11.4 Å². The molecule has 1 aromatic carbocycles. The number of halogens is 3. The van der Waals surface area contributed by atoms with Crippen LogP contribution in [0, 0.1) is 12.7 Å². The fraction of sp³-hybridized carbons (Fsp3) is 0.167. The molecule has 0 fully saturated rings. The van der Waals surface area contributed by atoms with Gasteiger partial charge in [-0.1, -0.05) is 6.07 Å². The highest BCUT2D eigenvalue weighted by Gasteiger charge is 2.14. The molecule has 0 saturated carbocycles. The minimum absolute atomic E-state index is 0.315. The molecule has 0 saturated heterocycles. The van der Waals surface area contributed by atoms with Gasteiger partial charge in [0.15, 0.2) is 5.82 Å². The lowest BCUT2D eigenvalue weighted by Crippen LogP contribution is -1.94. The van der Waals surface area contributed by atoms with Crippen molar-refractivity contribution < 1.29 is 13.2 Å². The molecule has 0 bridgehead atoms. The molecule has 1 heterocycles. The molecule has 0 unspecified atom stereocenters. The summed E-state index contributed by atoms with van der Waals surface area (Å²) in [6.45, 7) is 1.82. The third-order valence-electron chi connectivity index (χ3n) is 2.27. The Balaban J connectivity index is 2.41. The molecule has 2 rings (SSSR count). The van der Waals surface area contributed by atoms with Gasteiger partial charge in [0.2, 0.25) is 0 Å². The molecule has 88 valence electrons. The van der Waals surface area contributed by atoms with Crippen LogP contribution in [-0.2, 0) is 0 Å². The smallest absolute Gasteiger partial charge is 0.236 e. The van der Waals surface area contributed by atoms with Crippen molar-refractivity contribution in [1.82, 2.24) is 9.97 Å². The lowest BCUT2D eigenvalue weighted by Gasteiger charge is -2.04. The summed E-state index contributed by atoms with van der Waals surface area (Å²) in [6, 6.07) is 3.46. The molecular weight excluding hydrogens is 229 g/mol. The third-order valence-corrected chi connectivity index (χ3v) is 2.27. The largest absolute Gasteiger partial charge is 0.266 e. The van der Waals surface area contributed by atoms with E-state index in [2.05, 4.69) is 9.97 Å². The van der Waals surface area contributed by atoms with Crippen molar-refractivity contribution in [2.24, 2.45) is 0 Å². The number of aryl methyl sites for hydroxylation is 1. The van der Waals surface area contributed by atoms with Gasteiger partial charge in [-0.05, 0) is 24.6 Å². The first kappa shape index (κ1) is 11.6. The molecule has 0 radical (unpaired) electrons. The van der Waals surface area contributed by atoms with Crippen LogP contribution in [0.1, 0.15) is 17.6 Å². The van der Waals surface area contributed by atoms with Crippen LogP contribution < -0.4 is 0 Å². The predicted molar refractivity (Wildman–Crippen MR) is 57.1 cm³/mol. The Morgan fingerprint density at radius 2 is 1.76 bits per heavy atom. The van der Waals surface area contributed by atoms with E-state index >= 15 is 0 Å². The topological polar surface area (TPSA) is 25.8 Å². The maximum absolute atomic E-state index is 13.3. The average molecular weight is 238 g/mol. The van der Waals surface area contributed by atoms with E-state index in [9.17, 15) is 13.2 Å². The molecule has 2 nitrogen and oxygen atoms in total. The quantitative estimate of drug-likeness (QED) is 0.799. The van der Waals surface area contributed by atoms with Crippen molar-refractivity contribution in [3.8, 4) is 11.4 Å². The van der Waals surface area contributed by atoms with Crippen LogP contribution in [0.3, 0.4) is 0 Å². The van der Waals surface area contributed by atoms with Gasteiger partial charge in [-0.25, -0.2) is 23.1 Å². The average Bonchev–Trinajstić information content (AvgIpc) is 2.29. The van der Waals surface area contributed by atoms with E-state index in [1.54, 1.807) is 12.4 Å². The minimum Gasteiger partial charge on any atom is -0.236 e. The van der Waals surface area contributed by atoms with Gasteiger partial charge in [-0.15, -0.1) is 0 Å². The first-order valence-electron chi connectivity index (χ1n) is 4.94. The molecule has 0 spiro atoms. The molecule has 2 aromatic rings. The highest BCUT2D eigenvalue weighted by molar-refractivity contribution is 5.55. The highest BCUT2D eigenvalue weighted by atomic mass is 19.3. The first-order chi connectivity index (χ1) is 8.08. The molecule has 5 heteroatoms. The number of hydrogen-bond donors (Lipinski definition) is 0. The van der Waals surface area contributed by atoms with Gasteiger partial charge in [-0.3, -0.25) is 0 Å². The Bertz CT molecular complexity index is 524. The highest BCUT2D eigenvalue weighted by Crippen LogP contribution is 2.25. The van der Waals surface area contributed by atoms with Crippen LogP contribution in [0.15, 0.2) is 30.6 Å². The molecule has 0 aliphatic rings. The standard InChI is InChI=1S/C12H9F3N2/c1-7-5-16-12(17-6-7)8-2-3-9(11(14)15)10(13)4-8/h2-6,11H,1H3. The lowest BCUT2D eigenvalue weighted by atomic mass is 10.1. The van der Waals surface area contributed by atoms with E-state index in [1.807, 2.05) is 6.92 Å². The zero-order valence-electron chi connectivity index (χ0n) is 8.99. The molecule has 0 N–H and O–H groups in total. The fourth-order valence-electron chi connectivity index (χ4n) is 1.38. The summed E-state index contributed by atoms with van der Waals surface area (Å²) in [5, 5.41) is 0. The van der Waals surface area contributed by atoms with Crippen LogP contribution in [0.4, 0.5) is 13.2 Å². The molecule has 17 heavy (non-hydrogen) atoms. The van der Waals surface area contributed by atoms with Crippen molar-refractivity contribution in [2.75, 3.05) is 0 Å². The van der Waals surface area contributed by atoms with Crippen molar-refractivity contribution >= 4 is 0 Å². The summed E-state index contributed by atoms with van der Waals surface area (Å²) in [5.41, 5.74) is 0.645. The second-order valence-electron chi connectivity index (χ2n) is 3.62. The maximum Gasteiger partial charge on any atom is 0.266 e. The molecule has 0 amide bonds. The van der Waals surface area contributed by atoms with Crippen molar-refractivity contribution in [3.05, 3.63) is 47.5 Å². The number of aromatic nitrogens is 2. The Morgan fingerprint density at radius 3 is 2.29 bits per heavy atom. The first-order valence-corrected chi connectivity index (χ1v) is 4.94. The molecule has 0 aliphatic carbocycles. The molecule has 1 aromatic heterocycles. The summed E-state index contributed by atoms with van der Waals surface area (Å²) in [6.07, 6.45) is 0.352. The van der Waals surface area contributed by atoms with Crippen LogP contribution in [-0.4, -0.2) is 9.97 Å². The monoisotopic (exact) mass is 238 g/mol. The van der Waals surface area contributed by atoms with Crippen LogP contribution >= 0.6 is 0 Å². The number of rotatable bonds is 2. The Hall–Kier alpha value is -1.91. The maximum atomic E-state index is 13.3. The van der Waals surface area contributed by atoms with Gasteiger partial charge in [0.05, 0.1) is 5.56 Å². The van der Waals surface area contributed by atoms with Crippen LogP contribution in [0.2, 0.25) is 0 Å². The Kier molecular flexibility index (Phi) is 3.08. The number of hydrogen-bond acceptors (Lipinski definition) is 2. The third kappa shape index (κ3) is 2.43. The second kappa shape index (κ2) is 4.53. The normalized spacial score (nSPS) is 10.9. The predicted octanol–water partition coefficient (Wildman–Crippen LogP) is 3.53. The van der Waals surface area contributed by atoms with Gasteiger partial charge >= 0.3 is 0 Å². The zero-order valence-corrected chi connectivity index (χ0v) is 8.99. The minimum atomic E-state index is -2.82. The Morgan fingerprint density at radius 1 is 1.12 bits per heavy atom. The van der Waals surface area contributed by atoms with E-state index in [4.69, 9.17) is 0 Å². The number of nitrogens with zero attached hydrogens (tertiary/aromatic N) is 2. The zero-order chi connectivity index (χ0) is 12.4. The van der Waals surface area contributed by atoms with E-state index in [0.29, 0.717) is 11.4 Å². The molecule has 0 atom stereocenters. The fourth-order valence-corrected chi connectivity index (χ4v) is 1.38. The van der Waals surface area contributed by atoms with E-state index < -0.39 is 17.8 Å². The van der Waals surface area contributed by atoms with Crippen molar-refractivity contribution in [3.63, 3.8) is 0 Å². The summed E-state index contributed by atoms with van der Waals surface area (Å²) >= 11 is 0. The van der Waals surface area contributed by atoms with Gasteiger partial charge in [0.1, 0.15) is 5.82 Å². The summed E-state index contributed by atoms with van der Waals surface area (Å²) in [5.74, 6) is -0.628. The molecule has 0 aliphatic heterocycles. The van der Waals surface area contributed by atoms with Gasteiger partial charge < -0.3 is 0 Å². The van der Waals surface area contributed by atoms with Gasteiger partial charge in [0, 0.05) is 18.0 Å². The second-order valence-corrected chi connectivity index (χ2v) is 3.62. The summed E-state index contributed by atoms with van der Waals surface area (Å²) in [4.78, 5) is 8.00. The molecular formula is C12H9F3N2. The van der Waals surface area contributed by atoms with E-state index in [1.165, 1.54) is 6.07 Å². The van der Waals surface area contributed by atoms with Crippen molar-refractivity contribution in [1.29, 1.82) is 0 Å². The van der Waals surface area contributed by atoms with Gasteiger partial charge in [-0.2, -0.15) is 0 Å². The SMILES string of the molecule is Cc1cnc(-c2ccc(C(F)F)c(F)c2)nc1. The number of benzene rings is 1. The summed E-state index contributed by atoms with van der Waals surface area (Å²) in [7, 11) is 0. The van der Waals surface area contributed by atoms with Gasteiger partial charge in [0.25, 0.3) is 6.43 Å². The Labute approximate surface area is 96.2 Å². The lowest BCUT2D eigenvalue weighted by molar-refractivity contribution is 0.146. The van der Waals surface area contributed by atoms with Crippen molar-refractivity contribution in [2.45, 2.75) is 13.3 Å². The van der Waals surface area contributed by atoms with E-state index in [-0.39, 0.29) is 0 Å². The summed E-state index contributed by atoms with van der Waals surface area (Å²) < 4.78 is 38.0. The van der Waals surface area contributed by atoms with Crippen LogP contribution in [0.5, 0.6) is 0 Å². The number of alkyl halides is 2.